The lowest BCUT2D eigenvalue weighted by molar-refractivity contribution is -0.137. The van der Waals surface area contributed by atoms with E-state index in [1.54, 1.807) is 11.3 Å². The fourth-order valence-corrected chi connectivity index (χ4v) is 6.82. The summed E-state index contributed by atoms with van der Waals surface area (Å²) in [6.07, 6.45) is 14.9. The van der Waals surface area contributed by atoms with Gasteiger partial charge in [0.05, 0.1) is 29.1 Å². The molecule has 0 atom stereocenters. The SMILES string of the molecule is CCCc1nc(Cn2cc(N3CCN(C(=O)C4CCC(N5CCCCC5)CC4)CC3)cn2)cs1. The lowest BCUT2D eigenvalue weighted by Gasteiger charge is -2.41. The zero-order valence-corrected chi connectivity index (χ0v) is 21.5. The first kappa shape index (κ1) is 23.8. The molecule has 2 saturated heterocycles. The number of aromatic nitrogens is 3. The fraction of sp³-hybridized carbons (Fsp3) is 0.731. The topological polar surface area (TPSA) is 57.5 Å². The zero-order valence-electron chi connectivity index (χ0n) is 20.7. The standard InChI is InChI=1S/C26H40N6OS/c1-2-6-25-28-22(20-34-25)18-32-19-24(17-27-32)30-13-15-31(16-14-30)26(33)21-7-9-23(10-8-21)29-11-4-3-5-12-29/h17,19-21,23H,2-16,18H2,1H3. The number of likely N-dealkylation sites (tertiary alicyclic amines) is 1. The summed E-state index contributed by atoms with van der Waals surface area (Å²) in [6.45, 7) is 8.87. The molecule has 7 nitrogen and oxygen atoms in total. The van der Waals surface area contributed by atoms with E-state index in [2.05, 4.69) is 38.3 Å². The molecule has 5 rings (SSSR count). The molecule has 2 aliphatic heterocycles. The maximum Gasteiger partial charge on any atom is 0.225 e. The molecule has 0 aromatic carbocycles. The van der Waals surface area contributed by atoms with E-state index in [-0.39, 0.29) is 5.92 Å². The van der Waals surface area contributed by atoms with Gasteiger partial charge in [0, 0.05) is 49.7 Å². The van der Waals surface area contributed by atoms with Gasteiger partial charge in [-0.2, -0.15) is 5.10 Å². The highest BCUT2D eigenvalue weighted by Gasteiger charge is 2.33. The Hall–Kier alpha value is -1.93. The second kappa shape index (κ2) is 11.2. The number of nitrogens with zero attached hydrogens (tertiary/aromatic N) is 6. The molecule has 0 N–H and O–H groups in total. The van der Waals surface area contributed by atoms with Crippen LogP contribution in [0.5, 0.6) is 0 Å². The van der Waals surface area contributed by atoms with Crippen molar-refractivity contribution in [3.05, 3.63) is 28.5 Å². The molecule has 8 heteroatoms. The summed E-state index contributed by atoms with van der Waals surface area (Å²) < 4.78 is 1.98. The molecule has 0 bridgehead atoms. The Kier molecular flexibility index (Phi) is 7.84. The average Bonchev–Trinajstić information content (AvgIpc) is 3.54. The lowest BCUT2D eigenvalue weighted by atomic mass is 9.83. The Morgan fingerprint density at radius 3 is 2.53 bits per heavy atom. The quantitative estimate of drug-likeness (QED) is 0.594. The van der Waals surface area contributed by atoms with Crippen molar-refractivity contribution in [2.45, 2.75) is 77.3 Å². The van der Waals surface area contributed by atoms with Gasteiger partial charge in [-0.3, -0.25) is 9.48 Å². The summed E-state index contributed by atoms with van der Waals surface area (Å²) in [7, 11) is 0. The van der Waals surface area contributed by atoms with Crippen LogP contribution in [0, 0.1) is 5.92 Å². The molecule has 34 heavy (non-hydrogen) atoms. The predicted octanol–water partition coefficient (Wildman–Crippen LogP) is 4.03. The van der Waals surface area contributed by atoms with E-state index in [4.69, 9.17) is 4.98 Å². The van der Waals surface area contributed by atoms with Crippen molar-refractivity contribution in [3.8, 4) is 0 Å². The van der Waals surface area contributed by atoms with E-state index in [0.29, 0.717) is 5.91 Å². The number of amides is 1. The van der Waals surface area contributed by atoms with Gasteiger partial charge in [0.25, 0.3) is 0 Å². The summed E-state index contributed by atoms with van der Waals surface area (Å²) in [5.74, 6) is 0.643. The Balaban J connectivity index is 1.07. The van der Waals surface area contributed by atoms with Crippen LogP contribution in [0.2, 0.25) is 0 Å². The van der Waals surface area contributed by atoms with Crippen LogP contribution in [0.4, 0.5) is 5.69 Å². The Bertz CT molecular complexity index is 919. The van der Waals surface area contributed by atoms with Gasteiger partial charge in [0.2, 0.25) is 5.91 Å². The summed E-state index contributed by atoms with van der Waals surface area (Å²) in [5.41, 5.74) is 2.24. The van der Waals surface area contributed by atoms with Crippen molar-refractivity contribution in [2.24, 2.45) is 5.92 Å². The number of hydrogen-bond donors (Lipinski definition) is 0. The smallest absolute Gasteiger partial charge is 0.225 e. The highest BCUT2D eigenvalue weighted by Crippen LogP contribution is 2.31. The molecular weight excluding hydrogens is 444 g/mol. The zero-order chi connectivity index (χ0) is 23.3. The third kappa shape index (κ3) is 5.65. The summed E-state index contributed by atoms with van der Waals surface area (Å²) in [6, 6.07) is 0.722. The van der Waals surface area contributed by atoms with Crippen molar-refractivity contribution in [1.29, 1.82) is 0 Å². The molecule has 0 radical (unpaired) electrons. The lowest BCUT2D eigenvalue weighted by Crippen LogP contribution is -2.51. The van der Waals surface area contributed by atoms with Crippen LogP contribution >= 0.6 is 11.3 Å². The minimum Gasteiger partial charge on any atom is -0.365 e. The van der Waals surface area contributed by atoms with Gasteiger partial charge in [0.1, 0.15) is 0 Å². The number of rotatable bonds is 7. The van der Waals surface area contributed by atoms with Gasteiger partial charge in [-0.05, 0) is 64.5 Å². The molecule has 3 aliphatic rings. The normalized spacial score (nSPS) is 24.5. The third-order valence-electron chi connectivity index (χ3n) is 7.92. The molecule has 4 heterocycles. The van der Waals surface area contributed by atoms with E-state index in [1.165, 1.54) is 50.2 Å². The van der Waals surface area contributed by atoms with Crippen LogP contribution in [0.25, 0.3) is 0 Å². The maximum atomic E-state index is 13.2. The highest BCUT2D eigenvalue weighted by molar-refractivity contribution is 7.09. The van der Waals surface area contributed by atoms with Crippen molar-refractivity contribution >= 4 is 22.9 Å². The third-order valence-corrected chi connectivity index (χ3v) is 8.87. The maximum absolute atomic E-state index is 13.2. The number of piperazine rings is 1. The Morgan fingerprint density at radius 1 is 1.03 bits per heavy atom. The summed E-state index contributed by atoms with van der Waals surface area (Å²) >= 11 is 1.75. The molecule has 0 spiro atoms. The van der Waals surface area contributed by atoms with Crippen molar-refractivity contribution < 1.29 is 4.79 Å². The van der Waals surface area contributed by atoms with E-state index in [1.807, 2.05) is 10.9 Å². The first-order valence-corrected chi connectivity index (χ1v) is 14.3. The fourth-order valence-electron chi connectivity index (χ4n) is 5.93. The van der Waals surface area contributed by atoms with Gasteiger partial charge >= 0.3 is 0 Å². The number of thiazole rings is 1. The molecule has 186 valence electrons. The molecule has 1 aliphatic carbocycles. The van der Waals surface area contributed by atoms with E-state index >= 15 is 0 Å². The minimum absolute atomic E-state index is 0.242. The van der Waals surface area contributed by atoms with Gasteiger partial charge in [-0.15, -0.1) is 11.3 Å². The first-order valence-electron chi connectivity index (χ1n) is 13.4. The van der Waals surface area contributed by atoms with Crippen LogP contribution < -0.4 is 4.90 Å². The molecule has 3 fully saturated rings. The minimum atomic E-state index is 0.242. The molecule has 2 aromatic heterocycles. The highest BCUT2D eigenvalue weighted by atomic mass is 32.1. The van der Waals surface area contributed by atoms with Crippen LogP contribution in [0.3, 0.4) is 0 Å². The molecular formula is C26H40N6OS. The molecule has 1 saturated carbocycles. The van der Waals surface area contributed by atoms with Gasteiger partial charge in [-0.25, -0.2) is 4.98 Å². The van der Waals surface area contributed by atoms with Gasteiger partial charge in [0.15, 0.2) is 0 Å². The van der Waals surface area contributed by atoms with E-state index < -0.39 is 0 Å². The Morgan fingerprint density at radius 2 is 1.79 bits per heavy atom. The van der Waals surface area contributed by atoms with Crippen LogP contribution in [0.15, 0.2) is 17.8 Å². The van der Waals surface area contributed by atoms with E-state index in [9.17, 15) is 4.79 Å². The van der Waals surface area contributed by atoms with Crippen LogP contribution in [-0.4, -0.2) is 75.8 Å². The Labute approximate surface area is 208 Å². The molecule has 2 aromatic rings. The van der Waals surface area contributed by atoms with Crippen LogP contribution in [0.1, 0.15) is 69.0 Å². The summed E-state index contributed by atoms with van der Waals surface area (Å²) in [5, 5.41) is 7.93. The number of carbonyl (C=O) groups is 1. The van der Waals surface area contributed by atoms with Crippen LogP contribution in [-0.2, 0) is 17.8 Å². The number of piperidine rings is 1. The van der Waals surface area contributed by atoms with Gasteiger partial charge < -0.3 is 14.7 Å². The van der Waals surface area contributed by atoms with Crippen molar-refractivity contribution in [3.63, 3.8) is 0 Å². The molecule has 0 unspecified atom stereocenters. The number of hydrogen-bond acceptors (Lipinski definition) is 6. The predicted molar refractivity (Wildman–Crippen MR) is 137 cm³/mol. The number of carbonyl (C=O) groups excluding carboxylic acids is 1. The molecule has 1 amide bonds. The second-order valence-corrected chi connectivity index (χ2v) is 11.2. The number of anilines is 1. The average molecular weight is 485 g/mol. The number of aryl methyl sites for hydroxylation is 1. The first-order chi connectivity index (χ1) is 16.7. The largest absolute Gasteiger partial charge is 0.365 e. The monoisotopic (exact) mass is 484 g/mol. The van der Waals surface area contributed by atoms with Crippen molar-refractivity contribution in [2.75, 3.05) is 44.2 Å². The second-order valence-electron chi connectivity index (χ2n) is 10.3. The van der Waals surface area contributed by atoms with E-state index in [0.717, 1.165) is 75.8 Å². The summed E-state index contributed by atoms with van der Waals surface area (Å²) in [4.78, 5) is 25.1. The van der Waals surface area contributed by atoms with Crippen molar-refractivity contribution in [1.82, 2.24) is 24.6 Å². The van der Waals surface area contributed by atoms with Gasteiger partial charge in [-0.1, -0.05) is 13.3 Å².